The largest absolute Gasteiger partial charge is 0.480 e. The number of carbonyl (C=O) groups excluding carboxylic acids is 1. The quantitative estimate of drug-likeness (QED) is 0.419. The first-order chi connectivity index (χ1) is 9.15. The Bertz CT molecular complexity index is 309. The van der Waals surface area contributed by atoms with Crippen LogP contribution in [0.25, 0.3) is 0 Å². The van der Waals surface area contributed by atoms with Crippen molar-refractivity contribution in [2.24, 2.45) is 5.92 Å². The third-order valence-corrected chi connectivity index (χ3v) is 3.36. The number of nitrogens with one attached hydrogen (secondary N) is 1. The zero-order chi connectivity index (χ0) is 14.1. The van der Waals surface area contributed by atoms with Gasteiger partial charge in [-0.25, -0.2) is 4.79 Å². The van der Waals surface area contributed by atoms with Crippen LogP contribution in [0.2, 0.25) is 0 Å². The molecule has 108 valence electrons. The van der Waals surface area contributed by atoms with E-state index in [9.17, 15) is 9.59 Å². The lowest BCUT2D eigenvalue weighted by Crippen LogP contribution is -2.46. The highest BCUT2D eigenvalue weighted by atomic mass is 16.5. The lowest BCUT2D eigenvalue weighted by Gasteiger charge is -2.19. The van der Waals surface area contributed by atoms with Gasteiger partial charge in [0.1, 0.15) is 0 Å². The van der Waals surface area contributed by atoms with Crippen LogP contribution < -0.4 is 5.32 Å². The second kappa shape index (κ2) is 8.69. The zero-order valence-corrected chi connectivity index (χ0v) is 11.3. The maximum absolute atomic E-state index is 12.0. The topological polar surface area (TPSA) is 75.6 Å². The Morgan fingerprint density at radius 1 is 1.32 bits per heavy atom. The van der Waals surface area contributed by atoms with Gasteiger partial charge in [-0.2, -0.15) is 0 Å². The molecule has 19 heavy (non-hydrogen) atoms. The molecule has 0 bridgehead atoms. The molecular weight excluding hydrogens is 246 g/mol. The van der Waals surface area contributed by atoms with Crippen molar-refractivity contribution in [1.82, 2.24) is 5.32 Å². The molecule has 0 spiro atoms. The monoisotopic (exact) mass is 269 g/mol. The molecule has 0 saturated heterocycles. The smallest absolute Gasteiger partial charge is 0.328 e. The summed E-state index contributed by atoms with van der Waals surface area (Å²) in [4.78, 5) is 23.1. The van der Waals surface area contributed by atoms with Crippen molar-refractivity contribution in [3.05, 3.63) is 12.7 Å². The molecule has 1 aliphatic carbocycles. The molecule has 0 radical (unpaired) electrons. The summed E-state index contributed by atoms with van der Waals surface area (Å²) in [6.45, 7) is 3.74. The molecule has 1 saturated carbocycles. The number of hydrogen-bond acceptors (Lipinski definition) is 3. The molecule has 5 nitrogen and oxygen atoms in total. The van der Waals surface area contributed by atoms with Crippen LogP contribution in [-0.2, 0) is 14.3 Å². The molecule has 0 heterocycles. The van der Waals surface area contributed by atoms with E-state index in [1.165, 1.54) is 0 Å². The third-order valence-electron chi connectivity index (χ3n) is 3.36. The van der Waals surface area contributed by atoms with Gasteiger partial charge in [0.15, 0.2) is 6.04 Å². The summed E-state index contributed by atoms with van der Waals surface area (Å²) in [5.41, 5.74) is 0. The lowest BCUT2D eigenvalue weighted by molar-refractivity contribution is -0.144. The van der Waals surface area contributed by atoms with Crippen molar-refractivity contribution in [2.45, 2.75) is 44.6 Å². The number of ether oxygens (including phenoxy) is 1. The molecular formula is C14H23NO4. The van der Waals surface area contributed by atoms with Gasteiger partial charge in [-0.3, -0.25) is 4.79 Å². The lowest BCUT2D eigenvalue weighted by atomic mass is 9.99. The van der Waals surface area contributed by atoms with E-state index in [0.29, 0.717) is 0 Å². The van der Waals surface area contributed by atoms with Crippen LogP contribution in [0.15, 0.2) is 12.7 Å². The van der Waals surface area contributed by atoms with Crippen LogP contribution in [0.1, 0.15) is 38.5 Å². The maximum Gasteiger partial charge on any atom is 0.328 e. The second-order valence-electron chi connectivity index (χ2n) is 4.91. The second-order valence-corrected chi connectivity index (χ2v) is 4.91. The summed E-state index contributed by atoms with van der Waals surface area (Å²) in [5, 5.41) is 11.6. The summed E-state index contributed by atoms with van der Waals surface area (Å²) < 4.78 is 5.11. The molecule has 5 heteroatoms. The van der Waals surface area contributed by atoms with Gasteiger partial charge in [0.2, 0.25) is 5.91 Å². The molecule has 1 atom stereocenters. The van der Waals surface area contributed by atoms with E-state index in [-0.39, 0.29) is 25.0 Å². The van der Waals surface area contributed by atoms with Gasteiger partial charge in [-0.1, -0.05) is 31.8 Å². The highest BCUT2D eigenvalue weighted by molar-refractivity contribution is 5.85. The molecule has 0 aromatic heterocycles. The van der Waals surface area contributed by atoms with Crippen LogP contribution in [0.4, 0.5) is 0 Å². The van der Waals surface area contributed by atoms with Gasteiger partial charge in [-0.15, -0.1) is 6.58 Å². The molecule has 1 amide bonds. The minimum Gasteiger partial charge on any atom is -0.480 e. The summed E-state index contributed by atoms with van der Waals surface area (Å²) in [6, 6.07) is -0.976. The van der Waals surface area contributed by atoms with Gasteiger partial charge in [-0.05, 0) is 12.8 Å². The molecule has 1 rings (SSSR count). The van der Waals surface area contributed by atoms with E-state index in [1.54, 1.807) is 6.08 Å². The zero-order valence-electron chi connectivity index (χ0n) is 11.3. The number of carbonyl (C=O) groups is 2. The van der Waals surface area contributed by atoms with Crippen molar-refractivity contribution >= 4 is 11.9 Å². The van der Waals surface area contributed by atoms with Crippen LogP contribution in [0, 0.1) is 5.92 Å². The first kappa shape index (κ1) is 15.7. The van der Waals surface area contributed by atoms with Gasteiger partial charge >= 0.3 is 5.97 Å². The fourth-order valence-corrected chi connectivity index (χ4v) is 2.28. The fourth-order valence-electron chi connectivity index (χ4n) is 2.28. The summed E-state index contributed by atoms with van der Waals surface area (Å²) >= 11 is 0. The summed E-state index contributed by atoms with van der Waals surface area (Å²) in [5.74, 6) is -1.27. The molecule has 0 aromatic rings. The molecule has 1 fully saturated rings. The van der Waals surface area contributed by atoms with Crippen LogP contribution in [0.5, 0.6) is 0 Å². The number of carboxylic acids is 1. The van der Waals surface area contributed by atoms with E-state index >= 15 is 0 Å². The Morgan fingerprint density at radius 3 is 2.47 bits per heavy atom. The molecule has 1 aliphatic rings. The normalized spacial score (nSPS) is 18.3. The molecule has 0 aliphatic heterocycles. The number of aliphatic carboxylic acids is 1. The Balaban J connectivity index is 2.44. The van der Waals surface area contributed by atoms with E-state index in [2.05, 4.69) is 11.9 Å². The Labute approximate surface area is 114 Å². The highest BCUT2D eigenvalue weighted by Gasteiger charge is 2.25. The number of carboxylic acid groups (broad SMARTS) is 1. The van der Waals surface area contributed by atoms with Gasteiger partial charge in [0, 0.05) is 5.92 Å². The summed E-state index contributed by atoms with van der Waals surface area (Å²) in [6.07, 6.45) is 7.66. The maximum atomic E-state index is 12.0. The number of hydrogen-bond donors (Lipinski definition) is 2. The Kier molecular flexibility index (Phi) is 7.18. The standard InChI is InChI=1S/C14H23NO4/c1-2-9-19-10-12(14(17)18)15-13(16)11-7-5-3-4-6-8-11/h2,11-12H,1,3-10H2,(H,15,16)(H,17,18). The fraction of sp³-hybridized carbons (Fsp3) is 0.714. The number of rotatable bonds is 7. The average molecular weight is 269 g/mol. The Hall–Kier alpha value is -1.36. The highest BCUT2D eigenvalue weighted by Crippen LogP contribution is 2.22. The van der Waals surface area contributed by atoms with Crippen LogP contribution >= 0.6 is 0 Å². The van der Waals surface area contributed by atoms with E-state index in [0.717, 1.165) is 38.5 Å². The van der Waals surface area contributed by atoms with Crippen molar-refractivity contribution in [3.63, 3.8) is 0 Å². The first-order valence-corrected chi connectivity index (χ1v) is 6.87. The third kappa shape index (κ3) is 5.87. The van der Waals surface area contributed by atoms with Gasteiger partial charge in [0.05, 0.1) is 13.2 Å². The van der Waals surface area contributed by atoms with Crippen LogP contribution in [-0.4, -0.2) is 36.2 Å². The van der Waals surface area contributed by atoms with E-state index in [1.807, 2.05) is 0 Å². The average Bonchev–Trinajstić information content (AvgIpc) is 2.66. The summed E-state index contributed by atoms with van der Waals surface area (Å²) in [7, 11) is 0. The SMILES string of the molecule is C=CCOCC(NC(=O)C1CCCCCC1)C(=O)O. The van der Waals surface area contributed by atoms with Gasteiger partial charge in [0.25, 0.3) is 0 Å². The van der Waals surface area contributed by atoms with Crippen molar-refractivity contribution in [2.75, 3.05) is 13.2 Å². The van der Waals surface area contributed by atoms with Crippen molar-refractivity contribution < 1.29 is 19.4 Å². The van der Waals surface area contributed by atoms with E-state index < -0.39 is 12.0 Å². The van der Waals surface area contributed by atoms with Gasteiger partial charge < -0.3 is 15.2 Å². The Morgan fingerprint density at radius 2 is 1.95 bits per heavy atom. The minimum atomic E-state index is -1.06. The van der Waals surface area contributed by atoms with Crippen molar-refractivity contribution in [3.8, 4) is 0 Å². The van der Waals surface area contributed by atoms with Crippen LogP contribution in [0.3, 0.4) is 0 Å². The molecule has 0 aromatic carbocycles. The van der Waals surface area contributed by atoms with E-state index in [4.69, 9.17) is 9.84 Å². The van der Waals surface area contributed by atoms with Crippen molar-refractivity contribution in [1.29, 1.82) is 0 Å². The predicted octanol–water partition coefficient (Wildman–Crippen LogP) is 1.73. The molecule has 1 unspecified atom stereocenters. The predicted molar refractivity (Wildman–Crippen MR) is 71.8 cm³/mol. The molecule has 2 N–H and O–H groups in total. The minimum absolute atomic E-state index is 0.0280. The number of amides is 1. The first-order valence-electron chi connectivity index (χ1n) is 6.87.